The SMILES string of the molecule is CCn1cc(C(C)Nc2cccc(-c3nn[nH]n3)c2)cn1. The van der Waals surface area contributed by atoms with Crippen molar-refractivity contribution in [1.29, 1.82) is 0 Å². The lowest BCUT2D eigenvalue weighted by molar-refractivity contribution is 0.658. The van der Waals surface area contributed by atoms with Gasteiger partial charge in [0.2, 0.25) is 5.82 Å². The highest BCUT2D eigenvalue weighted by molar-refractivity contribution is 5.62. The van der Waals surface area contributed by atoms with Crippen molar-refractivity contribution in [3.05, 3.63) is 42.2 Å². The molecule has 0 amide bonds. The fourth-order valence-corrected chi connectivity index (χ4v) is 2.14. The quantitative estimate of drug-likeness (QED) is 0.750. The monoisotopic (exact) mass is 283 g/mol. The number of aromatic nitrogens is 6. The second-order valence-electron chi connectivity index (χ2n) is 4.81. The van der Waals surface area contributed by atoms with Gasteiger partial charge in [0.05, 0.1) is 12.2 Å². The number of tetrazole rings is 1. The largest absolute Gasteiger partial charge is 0.378 e. The first-order valence-corrected chi connectivity index (χ1v) is 6.89. The Balaban J connectivity index is 1.77. The average Bonchev–Trinajstić information content (AvgIpc) is 3.19. The zero-order valence-electron chi connectivity index (χ0n) is 12.0. The molecule has 1 aromatic carbocycles. The molecule has 1 atom stereocenters. The summed E-state index contributed by atoms with van der Waals surface area (Å²) >= 11 is 0. The topological polar surface area (TPSA) is 84.3 Å². The van der Waals surface area contributed by atoms with E-state index in [1.54, 1.807) is 0 Å². The molecule has 1 unspecified atom stereocenters. The Labute approximate surface area is 122 Å². The molecule has 0 spiro atoms. The number of aromatic amines is 1. The average molecular weight is 283 g/mol. The fraction of sp³-hybridized carbons (Fsp3) is 0.286. The lowest BCUT2D eigenvalue weighted by Gasteiger charge is -2.14. The van der Waals surface area contributed by atoms with Crippen molar-refractivity contribution in [2.75, 3.05) is 5.32 Å². The van der Waals surface area contributed by atoms with Gasteiger partial charge in [0.25, 0.3) is 0 Å². The molecule has 0 aliphatic rings. The Kier molecular flexibility index (Phi) is 3.63. The van der Waals surface area contributed by atoms with Gasteiger partial charge in [-0.2, -0.15) is 10.3 Å². The predicted octanol–water partition coefficient (Wildman–Crippen LogP) is 2.26. The highest BCUT2D eigenvalue weighted by Gasteiger charge is 2.09. The minimum atomic E-state index is 0.172. The molecule has 0 bridgehead atoms. The van der Waals surface area contributed by atoms with Crippen LogP contribution in [0.15, 0.2) is 36.7 Å². The van der Waals surface area contributed by atoms with Crippen LogP contribution in [0.5, 0.6) is 0 Å². The van der Waals surface area contributed by atoms with Crippen LogP contribution in [0.25, 0.3) is 11.4 Å². The van der Waals surface area contributed by atoms with Crippen LogP contribution in [-0.2, 0) is 6.54 Å². The first kappa shape index (κ1) is 13.3. The summed E-state index contributed by atoms with van der Waals surface area (Å²) in [5.74, 6) is 0.588. The number of hydrogen-bond donors (Lipinski definition) is 2. The van der Waals surface area contributed by atoms with Crippen molar-refractivity contribution in [2.24, 2.45) is 0 Å². The van der Waals surface area contributed by atoms with E-state index in [-0.39, 0.29) is 6.04 Å². The number of nitrogens with zero attached hydrogens (tertiary/aromatic N) is 5. The van der Waals surface area contributed by atoms with Crippen LogP contribution in [0.2, 0.25) is 0 Å². The zero-order valence-corrected chi connectivity index (χ0v) is 12.0. The lowest BCUT2D eigenvalue weighted by Crippen LogP contribution is -2.06. The Hall–Kier alpha value is -2.70. The maximum atomic E-state index is 4.30. The molecule has 0 aliphatic heterocycles. The van der Waals surface area contributed by atoms with Crippen molar-refractivity contribution in [3.8, 4) is 11.4 Å². The van der Waals surface area contributed by atoms with Crippen LogP contribution in [0.4, 0.5) is 5.69 Å². The number of hydrogen-bond acceptors (Lipinski definition) is 5. The first-order valence-electron chi connectivity index (χ1n) is 6.89. The summed E-state index contributed by atoms with van der Waals surface area (Å²) in [5.41, 5.74) is 3.08. The summed E-state index contributed by atoms with van der Waals surface area (Å²) in [5, 5.41) is 21.8. The van der Waals surface area contributed by atoms with E-state index in [0.29, 0.717) is 5.82 Å². The molecule has 108 valence electrons. The van der Waals surface area contributed by atoms with Crippen LogP contribution < -0.4 is 5.32 Å². The van der Waals surface area contributed by atoms with Gasteiger partial charge in [-0.25, -0.2) is 0 Å². The van der Waals surface area contributed by atoms with Crippen molar-refractivity contribution >= 4 is 5.69 Å². The van der Waals surface area contributed by atoms with Gasteiger partial charge < -0.3 is 5.32 Å². The maximum absolute atomic E-state index is 4.30. The summed E-state index contributed by atoms with van der Waals surface area (Å²) in [4.78, 5) is 0. The van der Waals surface area contributed by atoms with Crippen LogP contribution in [0.1, 0.15) is 25.5 Å². The number of anilines is 1. The summed E-state index contributed by atoms with van der Waals surface area (Å²) in [6.45, 7) is 5.06. The summed E-state index contributed by atoms with van der Waals surface area (Å²) in [6, 6.07) is 8.12. The number of benzene rings is 1. The van der Waals surface area contributed by atoms with Gasteiger partial charge in [-0.1, -0.05) is 12.1 Å². The van der Waals surface area contributed by atoms with Crippen LogP contribution in [0.3, 0.4) is 0 Å². The third kappa shape index (κ3) is 2.91. The molecule has 0 aliphatic carbocycles. The molecule has 3 rings (SSSR count). The minimum Gasteiger partial charge on any atom is -0.378 e. The van der Waals surface area contributed by atoms with E-state index >= 15 is 0 Å². The minimum absolute atomic E-state index is 0.172. The molecular weight excluding hydrogens is 266 g/mol. The van der Waals surface area contributed by atoms with Crippen molar-refractivity contribution in [1.82, 2.24) is 30.4 Å². The third-order valence-electron chi connectivity index (χ3n) is 3.33. The highest BCUT2D eigenvalue weighted by Crippen LogP contribution is 2.22. The number of H-pyrrole nitrogens is 1. The molecular formula is C14H17N7. The molecule has 2 aromatic heterocycles. The number of nitrogens with one attached hydrogen (secondary N) is 2. The Bertz CT molecular complexity index is 702. The second kappa shape index (κ2) is 5.74. The first-order chi connectivity index (χ1) is 10.3. The molecule has 0 saturated carbocycles. The van der Waals surface area contributed by atoms with Crippen molar-refractivity contribution < 1.29 is 0 Å². The summed E-state index contributed by atoms with van der Waals surface area (Å²) in [6.07, 6.45) is 3.95. The molecule has 3 aromatic rings. The van der Waals surface area contributed by atoms with Gasteiger partial charge in [-0.05, 0) is 31.2 Å². The zero-order chi connectivity index (χ0) is 14.7. The van der Waals surface area contributed by atoms with Crippen molar-refractivity contribution in [3.63, 3.8) is 0 Å². The van der Waals surface area contributed by atoms with Gasteiger partial charge in [-0.3, -0.25) is 4.68 Å². The lowest BCUT2D eigenvalue weighted by atomic mass is 10.1. The van der Waals surface area contributed by atoms with E-state index in [9.17, 15) is 0 Å². The summed E-state index contributed by atoms with van der Waals surface area (Å²) < 4.78 is 1.92. The molecule has 0 fully saturated rings. The van der Waals surface area contributed by atoms with E-state index < -0.39 is 0 Å². The third-order valence-corrected chi connectivity index (χ3v) is 3.33. The van der Waals surface area contributed by atoms with E-state index in [0.717, 1.165) is 23.4 Å². The predicted molar refractivity (Wildman–Crippen MR) is 79.6 cm³/mol. The highest BCUT2D eigenvalue weighted by atomic mass is 15.5. The molecule has 2 N–H and O–H groups in total. The smallest absolute Gasteiger partial charge is 0.204 e. The van der Waals surface area contributed by atoms with Gasteiger partial charge in [0, 0.05) is 29.6 Å². The molecule has 7 heteroatoms. The Morgan fingerprint density at radius 3 is 3.00 bits per heavy atom. The molecule has 21 heavy (non-hydrogen) atoms. The molecule has 0 radical (unpaired) electrons. The van der Waals surface area contributed by atoms with Crippen LogP contribution in [-0.4, -0.2) is 30.4 Å². The number of rotatable bonds is 5. The van der Waals surface area contributed by atoms with Gasteiger partial charge in [-0.15, -0.1) is 10.2 Å². The second-order valence-corrected chi connectivity index (χ2v) is 4.81. The normalized spacial score (nSPS) is 12.3. The Morgan fingerprint density at radius 1 is 1.38 bits per heavy atom. The molecule has 0 saturated heterocycles. The van der Waals surface area contributed by atoms with Crippen LogP contribution in [0, 0.1) is 0 Å². The van der Waals surface area contributed by atoms with E-state index in [1.165, 1.54) is 0 Å². The van der Waals surface area contributed by atoms with Crippen molar-refractivity contribution in [2.45, 2.75) is 26.4 Å². The van der Waals surface area contributed by atoms with Gasteiger partial charge in [0.1, 0.15) is 0 Å². The Morgan fingerprint density at radius 2 is 2.29 bits per heavy atom. The standard InChI is InChI=1S/C14H17N7/c1-3-21-9-12(8-15-21)10(2)16-13-6-4-5-11(7-13)14-17-19-20-18-14/h4-10,16H,3H2,1-2H3,(H,17,18,19,20). The molecule has 2 heterocycles. The summed E-state index contributed by atoms with van der Waals surface area (Å²) in [7, 11) is 0. The number of aryl methyl sites for hydroxylation is 1. The van der Waals surface area contributed by atoms with E-state index in [4.69, 9.17) is 0 Å². The van der Waals surface area contributed by atoms with Gasteiger partial charge in [0.15, 0.2) is 0 Å². The molecule has 7 nitrogen and oxygen atoms in total. The maximum Gasteiger partial charge on any atom is 0.204 e. The van der Waals surface area contributed by atoms with Gasteiger partial charge >= 0.3 is 0 Å². The van der Waals surface area contributed by atoms with E-state index in [2.05, 4.69) is 51.1 Å². The fourth-order valence-electron chi connectivity index (χ4n) is 2.14. The van der Waals surface area contributed by atoms with Crippen LogP contribution >= 0.6 is 0 Å². The van der Waals surface area contributed by atoms with E-state index in [1.807, 2.05) is 35.1 Å².